The van der Waals surface area contributed by atoms with E-state index in [1.54, 1.807) is 6.07 Å². The summed E-state index contributed by atoms with van der Waals surface area (Å²) in [7, 11) is 0. The summed E-state index contributed by atoms with van der Waals surface area (Å²) < 4.78 is 12.1. The Morgan fingerprint density at radius 3 is 2.36 bits per heavy atom. The Balaban J connectivity index is 1.45. The van der Waals surface area contributed by atoms with Crippen LogP contribution in [-0.4, -0.2) is 28.0 Å². The maximum Gasteiger partial charge on any atom is 0.253 e. The van der Waals surface area contributed by atoms with E-state index in [1.165, 1.54) is 30.3 Å². The van der Waals surface area contributed by atoms with E-state index < -0.39 is 27.9 Å². The number of halogens is 5. The molecule has 0 spiro atoms. The van der Waals surface area contributed by atoms with Crippen LogP contribution in [0.15, 0.2) is 36.4 Å². The van der Waals surface area contributed by atoms with E-state index in [9.17, 15) is 18.8 Å². The quantitative estimate of drug-likeness (QED) is 0.471. The second kappa shape index (κ2) is 9.41. The molecule has 2 aromatic carbocycles. The van der Waals surface area contributed by atoms with Crippen molar-refractivity contribution in [3.63, 3.8) is 0 Å². The number of Topliss-reactive ketones (excluding diaryl/α,β-unsaturated/α-hetero) is 1. The third-order valence-electron chi connectivity index (χ3n) is 6.00. The van der Waals surface area contributed by atoms with Gasteiger partial charge < -0.3 is 10.6 Å². The van der Waals surface area contributed by atoms with Crippen LogP contribution in [0.5, 0.6) is 0 Å². The lowest BCUT2D eigenvalue weighted by Crippen LogP contribution is -2.37. The summed E-state index contributed by atoms with van der Waals surface area (Å²) in [6, 6.07) is 8.52. The van der Waals surface area contributed by atoms with Crippen molar-refractivity contribution in [1.82, 2.24) is 5.32 Å². The van der Waals surface area contributed by atoms with Gasteiger partial charge in [-0.25, -0.2) is 4.39 Å². The van der Waals surface area contributed by atoms with E-state index in [-0.39, 0.29) is 33.3 Å². The van der Waals surface area contributed by atoms with Crippen molar-refractivity contribution in [1.29, 1.82) is 0 Å². The minimum Gasteiger partial charge on any atom is -0.349 e. The topological polar surface area (TPSA) is 75.3 Å². The monoisotopic (exact) mass is 530 g/mol. The number of ketones is 1. The Kier molecular flexibility index (Phi) is 6.92. The molecule has 2 amide bonds. The van der Waals surface area contributed by atoms with Crippen LogP contribution < -0.4 is 10.6 Å². The third kappa shape index (κ3) is 5.14. The van der Waals surface area contributed by atoms with Gasteiger partial charge >= 0.3 is 0 Å². The molecular formula is C23H19Cl4FN2O3. The lowest BCUT2D eigenvalue weighted by atomic mass is 9.94. The van der Waals surface area contributed by atoms with Crippen LogP contribution in [0.2, 0.25) is 10.0 Å². The largest absolute Gasteiger partial charge is 0.349 e. The maximum atomic E-state index is 13.5. The fourth-order valence-electron chi connectivity index (χ4n) is 4.12. The van der Waals surface area contributed by atoms with Gasteiger partial charge in [-0.1, -0.05) is 29.3 Å². The molecule has 2 atom stereocenters. The number of nitrogens with one attached hydrogen (secondary N) is 2. The van der Waals surface area contributed by atoms with Crippen LogP contribution >= 0.6 is 46.4 Å². The van der Waals surface area contributed by atoms with Crippen LogP contribution in [-0.2, 0) is 9.59 Å². The molecule has 0 radical (unpaired) electrons. The second-order valence-electron chi connectivity index (χ2n) is 8.27. The molecule has 4 rings (SSSR count). The van der Waals surface area contributed by atoms with Crippen molar-refractivity contribution in [2.45, 2.75) is 42.0 Å². The first-order valence-corrected chi connectivity index (χ1v) is 11.8. The molecule has 0 saturated heterocycles. The fourth-order valence-corrected chi connectivity index (χ4v) is 5.34. The van der Waals surface area contributed by atoms with Crippen molar-refractivity contribution in [3.8, 4) is 0 Å². The zero-order valence-electron chi connectivity index (χ0n) is 17.1. The van der Waals surface area contributed by atoms with Gasteiger partial charge in [-0.15, -0.1) is 23.2 Å². The average Bonchev–Trinajstić information content (AvgIpc) is 3.35. The Morgan fingerprint density at radius 2 is 1.70 bits per heavy atom. The van der Waals surface area contributed by atoms with Gasteiger partial charge in [-0.3, -0.25) is 14.4 Å². The third-order valence-corrected chi connectivity index (χ3v) is 7.56. The molecule has 10 heteroatoms. The number of carbonyl (C=O) groups excluding carboxylic acids is 3. The summed E-state index contributed by atoms with van der Waals surface area (Å²) in [4.78, 5) is 37.0. The SMILES string of the molecule is O=C1CCC(NC(=O)c2cc(NC(=O)[C@@H]3[C@@H](c4ccc(F)c(Cl)c4)C3(Cl)Cl)ccc2Cl)CC1. The summed E-state index contributed by atoms with van der Waals surface area (Å²) in [5.41, 5.74) is 1.10. The molecular weight excluding hydrogens is 513 g/mol. The Bertz CT molecular complexity index is 1130. The van der Waals surface area contributed by atoms with Gasteiger partial charge in [0.2, 0.25) is 5.91 Å². The van der Waals surface area contributed by atoms with E-state index in [4.69, 9.17) is 46.4 Å². The normalized spacial score (nSPS) is 22.0. The number of hydrogen-bond acceptors (Lipinski definition) is 3. The van der Waals surface area contributed by atoms with Gasteiger partial charge in [-0.2, -0.15) is 0 Å². The molecule has 0 unspecified atom stereocenters. The van der Waals surface area contributed by atoms with Crippen molar-refractivity contribution in [2.75, 3.05) is 5.32 Å². The van der Waals surface area contributed by atoms with Crippen molar-refractivity contribution >= 4 is 69.7 Å². The maximum absolute atomic E-state index is 13.5. The molecule has 0 aliphatic heterocycles. The molecule has 2 N–H and O–H groups in total. The van der Waals surface area contributed by atoms with Crippen LogP contribution in [0.3, 0.4) is 0 Å². The first-order valence-electron chi connectivity index (χ1n) is 10.3. The molecule has 2 saturated carbocycles. The molecule has 2 aromatic rings. The van der Waals surface area contributed by atoms with Crippen molar-refractivity contribution in [3.05, 3.63) is 63.4 Å². The van der Waals surface area contributed by atoms with Crippen LogP contribution in [0.25, 0.3) is 0 Å². The van der Waals surface area contributed by atoms with Crippen LogP contribution in [0.4, 0.5) is 10.1 Å². The molecule has 33 heavy (non-hydrogen) atoms. The first-order chi connectivity index (χ1) is 15.6. The van der Waals surface area contributed by atoms with E-state index in [2.05, 4.69) is 10.6 Å². The highest BCUT2D eigenvalue weighted by Gasteiger charge is 2.67. The molecule has 2 aliphatic rings. The number of anilines is 1. The predicted molar refractivity (Wildman–Crippen MR) is 127 cm³/mol. The number of rotatable bonds is 5. The number of amides is 2. The van der Waals surface area contributed by atoms with Gasteiger partial charge in [0.25, 0.3) is 5.91 Å². The molecule has 174 valence electrons. The predicted octanol–water partition coefficient (Wildman–Crippen LogP) is 5.90. The van der Waals surface area contributed by atoms with Crippen LogP contribution in [0, 0.1) is 11.7 Å². The van der Waals surface area contributed by atoms with Gasteiger partial charge in [0.15, 0.2) is 0 Å². The summed E-state index contributed by atoms with van der Waals surface area (Å²) in [5.74, 6) is -2.59. The van der Waals surface area contributed by atoms with Gasteiger partial charge in [0.05, 0.1) is 21.5 Å². The zero-order chi connectivity index (χ0) is 23.9. The molecule has 0 aromatic heterocycles. The number of carbonyl (C=O) groups is 3. The summed E-state index contributed by atoms with van der Waals surface area (Å²) in [6.45, 7) is 0. The van der Waals surface area contributed by atoms with Crippen LogP contribution in [0.1, 0.15) is 47.5 Å². The minimum atomic E-state index is -1.38. The zero-order valence-corrected chi connectivity index (χ0v) is 20.2. The Morgan fingerprint density at radius 1 is 1.00 bits per heavy atom. The molecule has 0 heterocycles. The van der Waals surface area contributed by atoms with Gasteiger partial charge in [-0.05, 0) is 48.7 Å². The Labute approximate surface area is 209 Å². The molecule has 0 bridgehead atoms. The highest BCUT2D eigenvalue weighted by atomic mass is 35.5. The molecule has 5 nitrogen and oxygen atoms in total. The molecule has 2 fully saturated rings. The van der Waals surface area contributed by atoms with E-state index in [0.717, 1.165) is 0 Å². The van der Waals surface area contributed by atoms with Gasteiger partial charge in [0, 0.05) is 30.5 Å². The highest BCUT2D eigenvalue weighted by molar-refractivity contribution is 6.53. The number of benzene rings is 2. The second-order valence-corrected chi connectivity index (χ2v) is 10.5. The number of hydrogen-bond donors (Lipinski definition) is 2. The van der Waals surface area contributed by atoms with E-state index in [0.29, 0.717) is 36.9 Å². The Hall–Kier alpha value is -1.86. The lowest BCUT2D eigenvalue weighted by Gasteiger charge is -2.22. The van der Waals surface area contributed by atoms with E-state index >= 15 is 0 Å². The summed E-state index contributed by atoms with van der Waals surface area (Å²) >= 11 is 24.7. The van der Waals surface area contributed by atoms with Gasteiger partial charge in [0.1, 0.15) is 15.9 Å². The smallest absolute Gasteiger partial charge is 0.253 e. The van der Waals surface area contributed by atoms with Crippen molar-refractivity contribution in [2.24, 2.45) is 5.92 Å². The lowest BCUT2D eigenvalue weighted by molar-refractivity contribution is -0.120. The standard InChI is InChI=1S/C23H19Cl4FN2O3/c24-16-7-4-13(10-15(16)21(32)29-12-2-5-14(31)6-3-12)30-22(33)20-19(23(20,26)27)11-1-8-18(28)17(25)9-11/h1,4,7-10,12,19-20H,2-3,5-6H2,(H,29,32)(H,30,33)/t19-,20+/m1/s1. The highest BCUT2D eigenvalue weighted by Crippen LogP contribution is 2.65. The molecule has 2 aliphatic carbocycles. The summed E-state index contributed by atoms with van der Waals surface area (Å²) in [6.07, 6.45) is 2.05. The minimum absolute atomic E-state index is 0.0848. The van der Waals surface area contributed by atoms with E-state index in [1.807, 2.05) is 0 Å². The van der Waals surface area contributed by atoms with Crippen molar-refractivity contribution < 1.29 is 18.8 Å². The number of alkyl halides is 2. The first kappa shape index (κ1) is 24.3. The fraction of sp³-hybridized carbons (Fsp3) is 0.348. The average molecular weight is 532 g/mol. The summed E-state index contributed by atoms with van der Waals surface area (Å²) in [5, 5.41) is 5.75.